The molecule has 3 amide bonds. The molecule has 1 aliphatic heterocycles. The molecule has 2 heterocycles. The highest BCUT2D eigenvalue weighted by Crippen LogP contribution is 2.09. The highest BCUT2D eigenvalue weighted by Gasteiger charge is 2.11. The van der Waals surface area contributed by atoms with E-state index in [0.29, 0.717) is 24.3 Å². The maximum Gasteiger partial charge on any atom is 0.319 e. The molecule has 0 bridgehead atoms. The first-order valence-corrected chi connectivity index (χ1v) is 9.33. The summed E-state index contributed by atoms with van der Waals surface area (Å²) in [5.41, 5.74) is 2.15. The monoisotopic (exact) mass is 383 g/mol. The quantitative estimate of drug-likeness (QED) is 0.673. The molecule has 1 aromatic carbocycles. The van der Waals surface area contributed by atoms with Gasteiger partial charge in [0.2, 0.25) is 0 Å². The van der Waals surface area contributed by atoms with Crippen molar-refractivity contribution in [1.29, 1.82) is 0 Å². The van der Waals surface area contributed by atoms with Gasteiger partial charge in [0.25, 0.3) is 5.91 Å². The van der Waals surface area contributed by atoms with E-state index in [9.17, 15) is 9.59 Å². The van der Waals surface area contributed by atoms with Gasteiger partial charge in [0.15, 0.2) is 0 Å². The summed E-state index contributed by atoms with van der Waals surface area (Å²) < 4.78 is 5.31. The van der Waals surface area contributed by atoms with Gasteiger partial charge in [-0.25, -0.2) is 4.79 Å². The summed E-state index contributed by atoms with van der Waals surface area (Å²) in [6.07, 6.45) is 3.36. The summed E-state index contributed by atoms with van der Waals surface area (Å²) in [4.78, 5) is 30.4. The van der Waals surface area contributed by atoms with Crippen molar-refractivity contribution < 1.29 is 14.3 Å². The first-order chi connectivity index (χ1) is 13.7. The van der Waals surface area contributed by atoms with Crippen LogP contribution in [0.3, 0.4) is 0 Å². The molecule has 0 saturated carbocycles. The molecule has 8 heteroatoms. The average Bonchev–Trinajstić information content (AvgIpc) is 2.74. The zero-order chi connectivity index (χ0) is 19.6. The number of nitrogens with zero attached hydrogens (tertiary/aromatic N) is 2. The maximum atomic E-state index is 12.2. The number of rotatable bonds is 7. The predicted octanol–water partition coefficient (Wildman–Crippen LogP) is 1.47. The Bertz CT molecular complexity index is 761. The Morgan fingerprint density at radius 1 is 1.00 bits per heavy atom. The number of amides is 3. The van der Waals surface area contributed by atoms with Crippen molar-refractivity contribution in [3.63, 3.8) is 0 Å². The van der Waals surface area contributed by atoms with Crippen molar-refractivity contribution in [3.8, 4) is 0 Å². The van der Waals surface area contributed by atoms with Crippen LogP contribution in [0.5, 0.6) is 0 Å². The molecule has 3 rings (SSSR count). The molecule has 8 nitrogen and oxygen atoms in total. The zero-order valence-corrected chi connectivity index (χ0v) is 15.7. The minimum Gasteiger partial charge on any atom is -0.379 e. The van der Waals surface area contributed by atoms with Crippen LogP contribution in [-0.4, -0.2) is 61.2 Å². The van der Waals surface area contributed by atoms with Gasteiger partial charge in [-0.05, 0) is 42.0 Å². The molecule has 0 aliphatic carbocycles. The Labute approximate surface area is 164 Å². The van der Waals surface area contributed by atoms with Gasteiger partial charge in [0.05, 0.1) is 13.2 Å². The van der Waals surface area contributed by atoms with Crippen LogP contribution in [0.15, 0.2) is 48.8 Å². The summed E-state index contributed by atoms with van der Waals surface area (Å²) >= 11 is 0. The molecule has 1 saturated heterocycles. The van der Waals surface area contributed by atoms with Crippen molar-refractivity contribution in [2.75, 3.05) is 44.7 Å². The van der Waals surface area contributed by atoms with Crippen LogP contribution >= 0.6 is 0 Å². The van der Waals surface area contributed by atoms with E-state index in [1.54, 1.807) is 36.7 Å². The third kappa shape index (κ3) is 6.33. The third-order valence-corrected chi connectivity index (χ3v) is 4.42. The number of nitrogens with one attached hydrogen (secondary N) is 3. The molecular formula is C20H25N5O3. The normalized spacial score (nSPS) is 14.3. The molecule has 1 fully saturated rings. The van der Waals surface area contributed by atoms with Gasteiger partial charge in [-0.3, -0.25) is 14.7 Å². The lowest BCUT2D eigenvalue weighted by Crippen LogP contribution is -2.41. The van der Waals surface area contributed by atoms with E-state index in [0.717, 1.165) is 38.4 Å². The summed E-state index contributed by atoms with van der Waals surface area (Å²) in [6.45, 7) is 5.12. The second-order valence-corrected chi connectivity index (χ2v) is 6.45. The molecule has 148 valence electrons. The Balaban J connectivity index is 1.39. The average molecular weight is 383 g/mol. The Morgan fingerprint density at radius 3 is 2.43 bits per heavy atom. The van der Waals surface area contributed by atoms with Crippen LogP contribution in [0.25, 0.3) is 0 Å². The highest BCUT2D eigenvalue weighted by molar-refractivity contribution is 5.95. The van der Waals surface area contributed by atoms with Crippen molar-refractivity contribution in [1.82, 2.24) is 20.5 Å². The molecule has 0 atom stereocenters. The number of benzene rings is 1. The first kappa shape index (κ1) is 19.8. The first-order valence-electron chi connectivity index (χ1n) is 9.33. The smallest absolute Gasteiger partial charge is 0.319 e. The summed E-state index contributed by atoms with van der Waals surface area (Å²) in [5.74, 6) is -0.123. The van der Waals surface area contributed by atoms with Crippen LogP contribution < -0.4 is 16.0 Å². The van der Waals surface area contributed by atoms with E-state index in [2.05, 4.69) is 25.8 Å². The Kier molecular flexibility index (Phi) is 7.34. The molecule has 28 heavy (non-hydrogen) atoms. The minimum absolute atomic E-state index is 0.123. The zero-order valence-electron chi connectivity index (χ0n) is 15.7. The van der Waals surface area contributed by atoms with Crippen LogP contribution in [-0.2, 0) is 11.3 Å². The lowest BCUT2D eigenvalue weighted by atomic mass is 10.2. The third-order valence-electron chi connectivity index (χ3n) is 4.42. The van der Waals surface area contributed by atoms with E-state index in [4.69, 9.17) is 4.74 Å². The summed E-state index contributed by atoms with van der Waals surface area (Å²) in [5, 5.41) is 8.44. The number of hydrogen-bond acceptors (Lipinski definition) is 5. The summed E-state index contributed by atoms with van der Waals surface area (Å²) in [6, 6.07) is 10.2. The van der Waals surface area contributed by atoms with Crippen molar-refractivity contribution in [3.05, 3.63) is 59.9 Å². The largest absolute Gasteiger partial charge is 0.379 e. The van der Waals surface area contributed by atoms with E-state index in [-0.39, 0.29) is 11.9 Å². The van der Waals surface area contributed by atoms with Crippen molar-refractivity contribution in [2.45, 2.75) is 6.54 Å². The minimum atomic E-state index is -0.306. The van der Waals surface area contributed by atoms with Crippen LogP contribution in [0, 0.1) is 0 Å². The molecule has 0 unspecified atom stereocenters. The number of anilines is 1. The molecule has 0 spiro atoms. The molecule has 0 radical (unpaired) electrons. The highest BCUT2D eigenvalue weighted by atomic mass is 16.5. The number of hydrogen-bond donors (Lipinski definition) is 3. The van der Waals surface area contributed by atoms with Gasteiger partial charge in [0, 0.05) is 56.4 Å². The fourth-order valence-corrected chi connectivity index (χ4v) is 2.82. The van der Waals surface area contributed by atoms with Crippen LogP contribution in [0.2, 0.25) is 0 Å². The second-order valence-electron chi connectivity index (χ2n) is 6.45. The topological polar surface area (TPSA) is 95.6 Å². The SMILES string of the molecule is O=C(NCc1ccncc1)Nc1ccc(C(=O)NCCN2CCOCC2)cc1. The molecule has 2 aromatic rings. The molecular weight excluding hydrogens is 358 g/mol. The van der Waals surface area contributed by atoms with Gasteiger partial charge in [-0.15, -0.1) is 0 Å². The Hall–Kier alpha value is -2.97. The van der Waals surface area contributed by atoms with E-state index < -0.39 is 0 Å². The number of aromatic nitrogens is 1. The van der Waals surface area contributed by atoms with Gasteiger partial charge < -0.3 is 20.7 Å². The molecule has 1 aliphatic rings. The van der Waals surface area contributed by atoms with Gasteiger partial charge in [0.1, 0.15) is 0 Å². The van der Waals surface area contributed by atoms with E-state index in [1.807, 2.05) is 12.1 Å². The number of morpholine rings is 1. The Morgan fingerprint density at radius 2 is 1.71 bits per heavy atom. The van der Waals surface area contributed by atoms with E-state index in [1.165, 1.54) is 0 Å². The second kappa shape index (κ2) is 10.4. The fraction of sp³-hybridized carbons (Fsp3) is 0.350. The number of carbonyl (C=O) groups is 2. The number of urea groups is 1. The van der Waals surface area contributed by atoms with Crippen LogP contribution in [0.4, 0.5) is 10.5 Å². The van der Waals surface area contributed by atoms with Crippen molar-refractivity contribution >= 4 is 17.6 Å². The lowest BCUT2D eigenvalue weighted by Gasteiger charge is -2.26. The standard InChI is InChI=1S/C20H25N5O3/c26-19(22-9-10-25-11-13-28-14-12-25)17-1-3-18(4-2-17)24-20(27)23-15-16-5-7-21-8-6-16/h1-8H,9-15H2,(H,22,26)(H2,23,24,27). The molecule has 3 N–H and O–H groups in total. The fourth-order valence-electron chi connectivity index (χ4n) is 2.82. The van der Waals surface area contributed by atoms with Crippen molar-refractivity contribution in [2.24, 2.45) is 0 Å². The number of carbonyl (C=O) groups excluding carboxylic acids is 2. The number of pyridine rings is 1. The van der Waals surface area contributed by atoms with Gasteiger partial charge >= 0.3 is 6.03 Å². The van der Waals surface area contributed by atoms with Gasteiger partial charge in [-0.1, -0.05) is 0 Å². The van der Waals surface area contributed by atoms with Gasteiger partial charge in [-0.2, -0.15) is 0 Å². The maximum absolute atomic E-state index is 12.2. The molecule has 1 aromatic heterocycles. The van der Waals surface area contributed by atoms with Crippen LogP contribution in [0.1, 0.15) is 15.9 Å². The van der Waals surface area contributed by atoms with E-state index >= 15 is 0 Å². The number of ether oxygens (including phenoxy) is 1. The summed E-state index contributed by atoms with van der Waals surface area (Å²) in [7, 11) is 0. The lowest BCUT2D eigenvalue weighted by molar-refractivity contribution is 0.0383. The predicted molar refractivity (Wildman–Crippen MR) is 106 cm³/mol.